The maximum Gasteiger partial charge on any atom is 0.186 e. The van der Waals surface area contributed by atoms with Crippen molar-refractivity contribution >= 4 is 5.78 Å². The van der Waals surface area contributed by atoms with E-state index < -0.39 is 0 Å². The second-order valence-electron chi connectivity index (χ2n) is 2.93. The number of carbonyl (C=O) groups is 1. The van der Waals surface area contributed by atoms with Crippen LogP contribution in [0.5, 0.6) is 0 Å². The van der Waals surface area contributed by atoms with Crippen molar-refractivity contribution < 1.29 is 4.79 Å². The summed E-state index contributed by atoms with van der Waals surface area (Å²) in [6.45, 7) is 2.10. The van der Waals surface area contributed by atoms with Crippen LogP contribution in [0, 0.1) is 0 Å². The summed E-state index contributed by atoms with van der Waals surface area (Å²) in [5, 5.41) is 0. The Morgan fingerprint density at radius 3 is 2.75 bits per heavy atom. The molecule has 0 amide bonds. The fourth-order valence-corrected chi connectivity index (χ4v) is 1.58. The molecular formula is C11H10O. The van der Waals surface area contributed by atoms with Crippen molar-refractivity contribution in [2.45, 2.75) is 13.3 Å². The van der Waals surface area contributed by atoms with Crippen LogP contribution in [0.25, 0.3) is 0 Å². The normalized spacial score (nSPS) is 20.1. The summed E-state index contributed by atoms with van der Waals surface area (Å²) in [4.78, 5) is 11.3. The number of carbonyl (C=O) groups excluding carboxylic acids is 1. The molecule has 0 aliphatic heterocycles. The van der Waals surface area contributed by atoms with Gasteiger partial charge in [0.25, 0.3) is 0 Å². The van der Waals surface area contributed by atoms with E-state index in [0.717, 1.165) is 17.6 Å². The summed E-state index contributed by atoms with van der Waals surface area (Å²) in [5.74, 6) is 0.132. The van der Waals surface area contributed by atoms with Crippen LogP contribution in [0.15, 0.2) is 47.1 Å². The molecule has 0 fully saturated rings. The van der Waals surface area contributed by atoms with Crippen molar-refractivity contribution in [3.05, 3.63) is 47.1 Å². The summed E-state index contributed by atoms with van der Waals surface area (Å²) < 4.78 is 0. The molecule has 0 saturated heterocycles. The van der Waals surface area contributed by atoms with Gasteiger partial charge in [-0.3, -0.25) is 4.79 Å². The standard InChI is InChI=1S/C11H10O/c1-2-8-6-7-10-9(8)4-3-5-11(10)12/h3-7H,2H2,1H3. The average molecular weight is 158 g/mol. The fourth-order valence-electron chi connectivity index (χ4n) is 1.58. The van der Waals surface area contributed by atoms with Crippen molar-refractivity contribution in [2.75, 3.05) is 0 Å². The van der Waals surface area contributed by atoms with Gasteiger partial charge in [0, 0.05) is 5.57 Å². The maximum atomic E-state index is 11.3. The first-order valence-corrected chi connectivity index (χ1v) is 4.17. The summed E-state index contributed by atoms with van der Waals surface area (Å²) >= 11 is 0. The van der Waals surface area contributed by atoms with Gasteiger partial charge in [-0.25, -0.2) is 0 Å². The van der Waals surface area contributed by atoms with E-state index in [4.69, 9.17) is 0 Å². The summed E-state index contributed by atoms with van der Waals surface area (Å²) in [6, 6.07) is 0. The van der Waals surface area contributed by atoms with Crippen LogP contribution in [-0.4, -0.2) is 5.78 Å². The Morgan fingerprint density at radius 2 is 2.00 bits per heavy atom. The first-order chi connectivity index (χ1) is 5.83. The van der Waals surface area contributed by atoms with Gasteiger partial charge in [0.05, 0.1) is 0 Å². The smallest absolute Gasteiger partial charge is 0.186 e. The van der Waals surface area contributed by atoms with Gasteiger partial charge in [-0.15, -0.1) is 0 Å². The summed E-state index contributed by atoms with van der Waals surface area (Å²) in [7, 11) is 0. The minimum absolute atomic E-state index is 0.132. The molecule has 0 atom stereocenters. The second-order valence-corrected chi connectivity index (χ2v) is 2.93. The minimum atomic E-state index is 0.132. The van der Waals surface area contributed by atoms with Crippen LogP contribution in [0.1, 0.15) is 13.3 Å². The molecule has 60 valence electrons. The topological polar surface area (TPSA) is 17.1 Å². The number of rotatable bonds is 1. The lowest BCUT2D eigenvalue weighted by molar-refractivity contribution is -0.111. The van der Waals surface area contributed by atoms with Gasteiger partial charge in [0.15, 0.2) is 5.78 Å². The molecule has 0 aromatic heterocycles. The van der Waals surface area contributed by atoms with Crippen LogP contribution in [-0.2, 0) is 4.79 Å². The van der Waals surface area contributed by atoms with E-state index in [1.165, 1.54) is 5.57 Å². The van der Waals surface area contributed by atoms with E-state index in [9.17, 15) is 4.79 Å². The van der Waals surface area contributed by atoms with Gasteiger partial charge in [-0.05, 0) is 23.6 Å². The molecule has 0 aromatic rings. The number of allylic oxidation sites excluding steroid dienone is 8. The van der Waals surface area contributed by atoms with E-state index in [2.05, 4.69) is 6.92 Å². The molecule has 1 nitrogen and oxygen atoms in total. The Kier molecular flexibility index (Phi) is 1.58. The zero-order valence-electron chi connectivity index (χ0n) is 7.00. The quantitative estimate of drug-likeness (QED) is 0.572. The Labute approximate surface area is 71.8 Å². The molecule has 0 bridgehead atoms. The molecule has 1 heteroatoms. The van der Waals surface area contributed by atoms with Gasteiger partial charge in [0.1, 0.15) is 0 Å². The molecule has 0 radical (unpaired) electrons. The van der Waals surface area contributed by atoms with Crippen molar-refractivity contribution in [1.82, 2.24) is 0 Å². The number of hydrogen-bond acceptors (Lipinski definition) is 1. The van der Waals surface area contributed by atoms with Crippen LogP contribution in [0.3, 0.4) is 0 Å². The van der Waals surface area contributed by atoms with Crippen molar-refractivity contribution in [1.29, 1.82) is 0 Å². The van der Waals surface area contributed by atoms with Crippen molar-refractivity contribution in [2.24, 2.45) is 0 Å². The van der Waals surface area contributed by atoms with Gasteiger partial charge >= 0.3 is 0 Å². The molecule has 2 aliphatic carbocycles. The van der Waals surface area contributed by atoms with E-state index in [1.807, 2.05) is 24.3 Å². The third-order valence-electron chi connectivity index (χ3n) is 2.24. The lowest BCUT2D eigenvalue weighted by atomic mass is 9.95. The van der Waals surface area contributed by atoms with E-state index >= 15 is 0 Å². The Balaban J connectivity index is 2.43. The van der Waals surface area contributed by atoms with Crippen molar-refractivity contribution in [3.63, 3.8) is 0 Å². The molecule has 0 heterocycles. The van der Waals surface area contributed by atoms with Crippen LogP contribution >= 0.6 is 0 Å². The average Bonchev–Trinajstić information content (AvgIpc) is 2.49. The van der Waals surface area contributed by atoms with Gasteiger partial charge in [-0.1, -0.05) is 31.2 Å². The molecule has 0 spiro atoms. The summed E-state index contributed by atoms with van der Waals surface area (Å²) in [6.07, 6.45) is 10.4. The molecule has 0 unspecified atom stereocenters. The van der Waals surface area contributed by atoms with Gasteiger partial charge in [-0.2, -0.15) is 0 Å². The molecule has 2 rings (SSSR count). The van der Waals surface area contributed by atoms with E-state index in [0.29, 0.717) is 0 Å². The third-order valence-corrected chi connectivity index (χ3v) is 2.24. The molecular weight excluding hydrogens is 148 g/mol. The van der Waals surface area contributed by atoms with Crippen molar-refractivity contribution in [3.8, 4) is 0 Å². The number of fused-ring (bicyclic) bond motifs is 1. The van der Waals surface area contributed by atoms with Crippen LogP contribution in [0.2, 0.25) is 0 Å². The Bertz CT molecular complexity index is 351. The lowest BCUT2D eigenvalue weighted by Gasteiger charge is -2.08. The van der Waals surface area contributed by atoms with E-state index in [-0.39, 0.29) is 5.78 Å². The highest BCUT2D eigenvalue weighted by Gasteiger charge is 2.20. The SMILES string of the molecule is CCC1=CC=C2C(=O)C=CC=C12. The predicted octanol–water partition coefficient (Wildman–Crippen LogP) is 2.33. The number of ketones is 1. The van der Waals surface area contributed by atoms with Gasteiger partial charge < -0.3 is 0 Å². The first kappa shape index (κ1) is 7.29. The van der Waals surface area contributed by atoms with Crippen LogP contribution in [0.4, 0.5) is 0 Å². The predicted molar refractivity (Wildman–Crippen MR) is 48.7 cm³/mol. The van der Waals surface area contributed by atoms with E-state index in [1.54, 1.807) is 6.08 Å². The number of hydrogen-bond donors (Lipinski definition) is 0. The lowest BCUT2D eigenvalue weighted by Crippen LogP contribution is -2.03. The summed E-state index contributed by atoms with van der Waals surface area (Å²) in [5.41, 5.74) is 3.24. The second kappa shape index (κ2) is 2.59. The zero-order valence-corrected chi connectivity index (χ0v) is 7.00. The molecule has 0 aromatic carbocycles. The molecule has 0 saturated carbocycles. The molecule has 2 aliphatic rings. The highest BCUT2D eigenvalue weighted by atomic mass is 16.1. The highest BCUT2D eigenvalue weighted by Crippen LogP contribution is 2.31. The minimum Gasteiger partial charge on any atom is -0.289 e. The Hall–Kier alpha value is -1.37. The first-order valence-electron chi connectivity index (χ1n) is 4.17. The zero-order chi connectivity index (χ0) is 8.55. The maximum absolute atomic E-state index is 11.3. The monoisotopic (exact) mass is 158 g/mol. The van der Waals surface area contributed by atoms with Gasteiger partial charge in [0.2, 0.25) is 0 Å². The van der Waals surface area contributed by atoms with Crippen LogP contribution < -0.4 is 0 Å². The third kappa shape index (κ3) is 0.900. The molecule has 12 heavy (non-hydrogen) atoms. The highest BCUT2D eigenvalue weighted by molar-refractivity contribution is 6.10. The fraction of sp³-hybridized carbons (Fsp3) is 0.182. The Morgan fingerprint density at radius 1 is 1.17 bits per heavy atom. The molecule has 0 N–H and O–H groups in total. The largest absolute Gasteiger partial charge is 0.289 e.